The summed E-state index contributed by atoms with van der Waals surface area (Å²) in [6.45, 7) is 0. The monoisotopic (exact) mass is 242 g/mol. The van der Waals surface area contributed by atoms with Gasteiger partial charge in [-0.3, -0.25) is 10.1 Å². The van der Waals surface area contributed by atoms with E-state index in [-0.39, 0.29) is 10.6 Å². The Morgan fingerprint density at radius 2 is 2.25 bits per heavy atom. The number of rotatable bonds is 4. The topological polar surface area (TPSA) is 83.7 Å². The molecule has 1 heterocycles. The number of nitro groups is 1. The summed E-state index contributed by atoms with van der Waals surface area (Å²) in [7, 11) is 3.54. The van der Waals surface area contributed by atoms with Crippen LogP contribution in [0.4, 0.5) is 5.69 Å². The van der Waals surface area contributed by atoms with Gasteiger partial charge in [-0.25, -0.2) is 4.79 Å². The maximum absolute atomic E-state index is 10.7. The van der Waals surface area contributed by atoms with Crippen molar-refractivity contribution in [2.24, 2.45) is 0 Å². The second kappa shape index (κ2) is 4.75. The number of carbonyl (C=O) groups is 1. The van der Waals surface area contributed by atoms with Gasteiger partial charge in [0, 0.05) is 26.4 Å². The molecule has 0 aliphatic carbocycles. The molecule has 0 aromatic carbocycles. The second-order valence-electron chi connectivity index (χ2n) is 3.20. The maximum atomic E-state index is 10.7. The largest absolute Gasteiger partial charge is 0.477 e. The summed E-state index contributed by atoms with van der Waals surface area (Å²) in [6.07, 6.45) is 3.15. The molecule has 0 saturated carbocycles. The average Bonchev–Trinajstić information content (AvgIpc) is 2.58. The molecule has 0 aliphatic heterocycles. The van der Waals surface area contributed by atoms with Gasteiger partial charge in [0.1, 0.15) is 9.75 Å². The van der Waals surface area contributed by atoms with Crippen molar-refractivity contribution < 1.29 is 14.8 Å². The van der Waals surface area contributed by atoms with E-state index in [1.165, 1.54) is 6.08 Å². The van der Waals surface area contributed by atoms with Crippen molar-refractivity contribution in [2.45, 2.75) is 0 Å². The van der Waals surface area contributed by atoms with Gasteiger partial charge in [-0.1, -0.05) is 0 Å². The first-order chi connectivity index (χ1) is 7.41. The molecule has 86 valence electrons. The predicted octanol–water partition coefficient (Wildman–Crippen LogP) is 1.89. The Balaban J connectivity index is 3.15. The lowest BCUT2D eigenvalue weighted by Gasteiger charge is -2.01. The molecule has 0 unspecified atom stereocenters. The number of hydrogen-bond donors (Lipinski definition) is 1. The molecule has 1 aromatic rings. The first-order valence-electron chi connectivity index (χ1n) is 4.28. The molecule has 1 rings (SSSR count). The minimum Gasteiger partial charge on any atom is -0.477 e. The van der Waals surface area contributed by atoms with Crippen LogP contribution in [0.2, 0.25) is 0 Å². The van der Waals surface area contributed by atoms with Crippen molar-refractivity contribution in [3.05, 3.63) is 32.1 Å². The molecule has 0 atom stereocenters. The van der Waals surface area contributed by atoms with Crippen molar-refractivity contribution in [1.82, 2.24) is 4.90 Å². The van der Waals surface area contributed by atoms with Gasteiger partial charge in [0.25, 0.3) is 5.69 Å². The smallest absolute Gasteiger partial charge is 0.346 e. The van der Waals surface area contributed by atoms with Gasteiger partial charge in [0.15, 0.2) is 0 Å². The second-order valence-corrected chi connectivity index (χ2v) is 4.29. The Morgan fingerprint density at radius 3 is 2.69 bits per heavy atom. The van der Waals surface area contributed by atoms with Gasteiger partial charge in [0.05, 0.1) is 4.92 Å². The summed E-state index contributed by atoms with van der Waals surface area (Å²) in [5.74, 6) is -1.15. The minimum atomic E-state index is -1.15. The van der Waals surface area contributed by atoms with Gasteiger partial charge in [0.2, 0.25) is 0 Å². The molecule has 0 bridgehead atoms. The minimum absolute atomic E-state index is 0.0369. The quantitative estimate of drug-likeness (QED) is 0.643. The zero-order chi connectivity index (χ0) is 12.3. The van der Waals surface area contributed by atoms with Gasteiger partial charge < -0.3 is 10.0 Å². The number of aromatic carboxylic acids is 1. The maximum Gasteiger partial charge on any atom is 0.346 e. The van der Waals surface area contributed by atoms with Crippen molar-refractivity contribution in [3.8, 4) is 0 Å². The first-order valence-corrected chi connectivity index (χ1v) is 5.09. The van der Waals surface area contributed by atoms with Crippen LogP contribution < -0.4 is 0 Å². The summed E-state index contributed by atoms with van der Waals surface area (Å²) >= 11 is 0.883. The van der Waals surface area contributed by atoms with Crippen LogP contribution in [0, 0.1) is 10.1 Å². The first kappa shape index (κ1) is 12.2. The SMILES string of the molecule is CN(C)/C=C/c1sc(C(=O)O)cc1[N+](=O)[O-]. The van der Waals surface area contributed by atoms with Crippen LogP contribution in [0.25, 0.3) is 6.08 Å². The van der Waals surface area contributed by atoms with Crippen molar-refractivity contribution in [3.63, 3.8) is 0 Å². The van der Waals surface area contributed by atoms with Crippen LogP contribution >= 0.6 is 11.3 Å². The van der Waals surface area contributed by atoms with Gasteiger partial charge in [-0.15, -0.1) is 11.3 Å². The number of carboxylic acids is 1. The van der Waals surface area contributed by atoms with E-state index in [1.807, 2.05) is 0 Å². The Hall–Kier alpha value is -1.89. The molecule has 6 nitrogen and oxygen atoms in total. The van der Waals surface area contributed by atoms with E-state index >= 15 is 0 Å². The molecule has 0 radical (unpaired) electrons. The van der Waals surface area contributed by atoms with E-state index in [0.29, 0.717) is 4.88 Å². The van der Waals surface area contributed by atoms with Crippen LogP contribution in [0.1, 0.15) is 14.5 Å². The summed E-state index contributed by atoms with van der Waals surface area (Å²) < 4.78 is 0. The molecular weight excluding hydrogens is 232 g/mol. The number of thiophene rings is 1. The summed E-state index contributed by atoms with van der Waals surface area (Å²) in [6, 6.07) is 1.07. The molecule has 16 heavy (non-hydrogen) atoms. The lowest BCUT2D eigenvalue weighted by molar-refractivity contribution is -0.384. The summed E-state index contributed by atoms with van der Waals surface area (Å²) in [4.78, 5) is 22.8. The Labute approximate surface area is 95.6 Å². The van der Waals surface area contributed by atoms with Crippen LogP contribution in [-0.2, 0) is 0 Å². The third kappa shape index (κ3) is 2.80. The zero-order valence-corrected chi connectivity index (χ0v) is 9.52. The highest BCUT2D eigenvalue weighted by atomic mass is 32.1. The fourth-order valence-corrected chi connectivity index (χ4v) is 1.84. The number of carboxylic acid groups (broad SMARTS) is 1. The highest BCUT2D eigenvalue weighted by molar-refractivity contribution is 7.15. The van der Waals surface area contributed by atoms with Crippen molar-refractivity contribution in [1.29, 1.82) is 0 Å². The van der Waals surface area contributed by atoms with E-state index in [4.69, 9.17) is 5.11 Å². The molecule has 0 aliphatic rings. The molecule has 0 amide bonds. The molecule has 1 N–H and O–H groups in total. The normalized spacial score (nSPS) is 10.6. The van der Waals surface area contributed by atoms with Gasteiger partial charge in [-0.2, -0.15) is 0 Å². The summed E-state index contributed by atoms with van der Waals surface area (Å²) in [5, 5.41) is 19.4. The molecule has 0 saturated heterocycles. The van der Waals surface area contributed by atoms with E-state index in [2.05, 4.69) is 0 Å². The fourth-order valence-electron chi connectivity index (χ4n) is 0.980. The van der Waals surface area contributed by atoms with E-state index in [1.54, 1.807) is 25.2 Å². The third-order valence-corrected chi connectivity index (χ3v) is 2.75. The standard InChI is InChI=1S/C9H10N2O4S/c1-10(2)4-3-7-6(11(14)15)5-8(16-7)9(12)13/h3-5H,1-2H3,(H,12,13)/b4-3+. The third-order valence-electron chi connectivity index (χ3n) is 1.67. The highest BCUT2D eigenvalue weighted by Crippen LogP contribution is 2.30. The van der Waals surface area contributed by atoms with Crippen LogP contribution in [-0.4, -0.2) is 35.0 Å². The van der Waals surface area contributed by atoms with E-state index < -0.39 is 10.9 Å². The average molecular weight is 242 g/mol. The number of nitrogens with zero attached hydrogens (tertiary/aromatic N) is 2. The van der Waals surface area contributed by atoms with Gasteiger partial charge >= 0.3 is 5.97 Å². The lowest BCUT2D eigenvalue weighted by Crippen LogP contribution is -1.99. The fraction of sp³-hybridized carbons (Fsp3) is 0.222. The predicted molar refractivity (Wildman–Crippen MR) is 60.7 cm³/mol. The molecule has 0 fully saturated rings. The van der Waals surface area contributed by atoms with E-state index in [0.717, 1.165) is 17.4 Å². The van der Waals surface area contributed by atoms with Crippen LogP contribution in [0.15, 0.2) is 12.3 Å². The van der Waals surface area contributed by atoms with Gasteiger partial charge in [-0.05, 0) is 6.08 Å². The number of hydrogen-bond acceptors (Lipinski definition) is 5. The molecule has 7 heteroatoms. The molecule has 1 aromatic heterocycles. The Morgan fingerprint density at radius 1 is 1.62 bits per heavy atom. The van der Waals surface area contributed by atoms with Crippen molar-refractivity contribution >= 4 is 29.1 Å². The lowest BCUT2D eigenvalue weighted by atomic mass is 10.3. The highest BCUT2D eigenvalue weighted by Gasteiger charge is 2.20. The Kier molecular flexibility index (Phi) is 3.62. The van der Waals surface area contributed by atoms with E-state index in [9.17, 15) is 14.9 Å². The van der Waals surface area contributed by atoms with Crippen molar-refractivity contribution in [2.75, 3.05) is 14.1 Å². The molecular formula is C9H10N2O4S. The van der Waals surface area contributed by atoms with Crippen LogP contribution in [0.3, 0.4) is 0 Å². The zero-order valence-electron chi connectivity index (χ0n) is 8.71. The van der Waals surface area contributed by atoms with Crippen LogP contribution in [0.5, 0.6) is 0 Å². The summed E-state index contributed by atoms with van der Waals surface area (Å²) in [5.41, 5.74) is -0.180. The molecule has 0 spiro atoms. The Bertz CT molecular complexity index is 450.